The Morgan fingerprint density at radius 3 is 2.53 bits per heavy atom. The third kappa shape index (κ3) is 4.07. The van der Waals surface area contributed by atoms with Gasteiger partial charge in [0.2, 0.25) is 5.91 Å². The summed E-state index contributed by atoms with van der Waals surface area (Å²) in [5, 5.41) is 5.91. The number of likely N-dealkylation sites (N-methyl/N-ethyl adjacent to an activating group) is 1. The maximum absolute atomic E-state index is 11.4. The van der Waals surface area contributed by atoms with E-state index in [1.807, 2.05) is 38.1 Å². The summed E-state index contributed by atoms with van der Waals surface area (Å²) in [6, 6.07) is 7.75. The van der Waals surface area contributed by atoms with E-state index in [4.69, 9.17) is 0 Å². The summed E-state index contributed by atoms with van der Waals surface area (Å²) in [5.41, 5.74) is 0.967. The van der Waals surface area contributed by atoms with Crippen LogP contribution in [-0.4, -0.2) is 18.5 Å². The van der Waals surface area contributed by atoms with Crippen molar-refractivity contribution < 1.29 is 4.79 Å². The van der Waals surface area contributed by atoms with E-state index in [0.29, 0.717) is 6.54 Å². The highest BCUT2D eigenvalue weighted by molar-refractivity contribution is 14.1. The Labute approximate surface area is 104 Å². The Morgan fingerprint density at radius 1 is 1.40 bits per heavy atom. The van der Waals surface area contributed by atoms with Crippen LogP contribution in [0.1, 0.15) is 13.8 Å². The summed E-state index contributed by atoms with van der Waals surface area (Å²) >= 11 is 2.25. The van der Waals surface area contributed by atoms with Crippen LogP contribution in [0.3, 0.4) is 0 Å². The highest BCUT2D eigenvalue weighted by Crippen LogP contribution is 2.11. The van der Waals surface area contributed by atoms with Crippen molar-refractivity contribution in [3.8, 4) is 0 Å². The Morgan fingerprint density at radius 2 is 2.00 bits per heavy atom. The van der Waals surface area contributed by atoms with Crippen molar-refractivity contribution in [2.75, 3.05) is 11.9 Å². The van der Waals surface area contributed by atoms with Crippen molar-refractivity contribution in [3.05, 3.63) is 27.8 Å². The molecule has 15 heavy (non-hydrogen) atoms. The molecule has 1 atom stereocenters. The summed E-state index contributed by atoms with van der Waals surface area (Å²) in [5.74, 6) is 0.0241. The number of amides is 1. The average molecular weight is 318 g/mol. The van der Waals surface area contributed by atoms with Crippen molar-refractivity contribution in [2.24, 2.45) is 0 Å². The molecule has 0 radical (unpaired) electrons. The second-order valence-corrected chi connectivity index (χ2v) is 4.51. The Hall–Kier alpha value is -0.780. The molecule has 0 saturated heterocycles. The standard InChI is InChI=1S/C11H15IN2O/c1-3-13-11(15)8(2)14-10-6-4-9(12)5-7-10/h4-8,14H,3H2,1-2H3,(H,13,15)/t8-/m1/s1. The molecule has 3 nitrogen and oxygen atoms in total. The van der Waals surface area contributed by atoms with E-state index in [-0.39, 0.29) is 11.9 Å². The van der Waals surface area contributed by atoms with Gasteiger partial charge < -0.3 is 10.6 Å². The second-order valence-electron chi connectivity index (χ2n) is 3.27. The fourth-order valence-corrected chi connectivity index (χ4v) is 1.55. The number of rotatable bonds is 4. The minimum Gasteiger partial charge on any atom is -0.374 e. The lowest BCUT2D eigenvalue weighted by atomic mass is 10.2. The summed E-state index contributed by atoms with van der Waals surface area (Å²) in [4.78, 5) is 11.4. The van der Waals surface area contributed by atoms with Crippen molar-refractivity contribution >= 4 is 34.2 Å². The average Bonchev–Trinajstić information content (AvgIpc) is 2.22. The monoisotopic (exact) mass is 318 g/mol. The maximum Gasteiger partial charge on any atom is 0.242 e. The number of carbonyl (C=O) groups excluding carboxylic acids is 1. The summed E-state index contributed by atoms with van der Waals surface area (Å²) in [6.07, 6.45) is 0. The predicted molar refractivity (Wildman–Crippen MR) is 70.9 cm³/mol. The summed E-state index contributed by atoms with van der Waals surface area (Å²) in [7, 11) is 0. The molecule has 0 bridgehead atoms. The van der Waals surface area contributed by atoms with Gasteiger partial charge in [0, 0.05) is 15.8 Å². The van der Waals surface area contributed by atoms with Gasteiger partial charge in [-0.05, 0) is 60.7 Å². The molecule has 0 heterocycles. The highest BCUT2D eigenvalue weighted by Gasteiger charge is 2.10. The lowest BCUT2D eigenvalue weighted by Gasteiger charge is -2.14. The summed E-state index contributed by atoms with van der Waals surface area (Å²) < 4.78 is 1.18. The van der Waals surface area contributed by atoms with Crippen molar-refractivity contribution in [2.45, 2.75) is 19.9 Å². The quantitative estimate of drug-likeness (QED) is 0.836. The minimum absolute atomic E-state index is 0.0241. The number of hydrogen-bond acceptors (Lipinski definition) is 2. The Kier molecular flexibility index (Phi) is 4.87. The molecular formula is C11H15IN2O. The van der Waals surface area contributed by atoms with Gasteiger partial charge in [0.15, 0.2) is 0 Å². The van der Waals surface area contributed by atoms with Crippen LogP contribution >= 0.6 is 22.6 Å². The maximum atomic E-state index is 11.4. The zero-order valence-electron chi connectivity index (χ0n) is 8.88. The molecule has 0 aliphatic rings. The zero-order valence-corrected chi connectivity index (χ0v) is 11.0. The van der Waals surface area contributed by atoms with E-state index in [2.05, 4.69) is 33.2 Å². The molecule has 4 heteroatoms. The molecule has 1 aromatic carbocycles. The van der Waals surface area contributed by atoms with Gasteiger partial charge >= 0.3 is 0 Å². The Bertz CT molecular complexity index is 324. The minimum atomic E-state index is -0.204. The molecule has 0 fully saturated rings. The lowest BCUT2D eigenvalue weighted by molar-refractivity contribution is -0.121. The van der Waals surface area contributed by atoms with E-state index < -0.39 is 0 Å². The van der Waals surface area contributed by atoms with Gasteiger partial charge in [0.05, 0.1) is 0 Å². The van der Waals surface area contributed by atoms with Crippen LogP contribution in [0.25, 0.3) is 0 Å². The van der Waals surface area contributed by atoms with Crippen LogP contribution in [-0.2, 0) is 4.79 Å². The van der Waals surface area contributed by atoms with Gasteiger partial charge in [-0.15, -0.1) is 0 Å². The molecule has 0 unspecified atom stereocenters. The lowest BCUT2D eigenvalue weighted by Crippen LogP contribution is -2.37. The smallest absolute Gasteiger partial charge is 0.242 e. The first kappa shape index (κ1) is 12.3. The fraction of sp³-hybridized carbons (Fsp3) is 0.364. The van der Waals surface area contributed by atoms with Gasteiger partial charge in [-0.1, -0.05) is 0 Å². The van der Waals surface area contributed by atoms with Crippen LogP contribution in [0.15, 0.2) is 24.3 Å². The van der Waals surface area contributed by atoms with E-state index in [1.165, 1.54) is 3.57 Å². The molecule has 1 aromatic rings. The molecule has 82 valence electrons. The third-order valence-electron chi connectivity index (χ3n) is 1.97. The van der Waals surface area contributed by atoms with Gasteiger partial charge in [-0.2, -0.15) is 0 Å². The molecule has 0 saturated carbocycles. The molecule has 1 amide bonds. The number of halogens is 1. The molecule has 0 aromatic heterocycles. The van der Waals surface area contributed by atoms with Crippen LogP contribution in [0.2, 0.25) is 0 Å². The van der Waals surface area contributed by atoms with E-state index in [1.54, 1.807) is 0 Å². The predicted octanol–water partition coefficient (Wildman–Crippen LogP) is 2.23. The number of hydrogen-bond donors (Lipinski definition) is 2. The third-order valence-corrected chi connectivity index (χ3v) is 2.69. The van der Waals surface area contributed by atoms with Gasteiger partial charge in [-0.3, -0.25) is 4.79 Å². The molecule has 2 N–H and O–H groups in total. The first-order valence-corrected chi connectivity index (χ1v) is 6.01. The Balaban J connectivity index is 2.54. The number of carbonyl (C=O) groups is 1. The number of anilines is 1. The molecule has 0 aliphatic heterocycles. The SMILES string of the molecule is CCNC(=O)[C@@H](C)Nc1ccc(I)cc1. The van der Waals surface area contributed by atoms with Crippen molar-refractivity contribution in [1.29, 1.82) is 0 Å². The normalized spacial score (nSPS) is 11.9. The molecule has 0 aliphatic carbocycles. The van der Waals surface area contributed by atoms with E-state index in [9.17, 15) is 4.79 Å². The van der Waals surface area contributed by atoms with Crippen LogP contribution in [0.5, 0.6) is 0 Å². The topological polar surface area (TPSA) is 41.1 Å². The van der Waals surface area contributed by atoms with Crippen LogP contribution < -0.4 is 10.6 Å². The molecular weight excluding hydrogens is 303 g/mol. The van der Waals surface area contributed by atoms with Gasteiger partial charge in [-0.25, -0.2) is 0 Å². The van der Waals surface area contributed by atoms with E-state index >= 15 is 0 Å². The number of benzene rings is 1. The highest BCUT2D eigenvalue weighted by atomic mass is 127. The van der Waals surface area contributed by atoms with Crippen molar-refractivity contribution in [3.63, 3.8) is 0 Å². The molecule has 1 rings (SSSR count). The van der Waals surface area contributed by atoms with Crippen LogP contribution in [0, 0.1) is 3.57 Å². The van der Waals surface area contributed by atoms with Gasteiger partial charge in [0.1, 0.15) is 6.04 Å². The zero-order chi connectivity index (χ0) is 11.3. The largest absolute Gasteiger partial charge is 0.374 e. The van der Waals surface area contributed by atoms with Gasteiger partial charge in [0.25, 0.3) is 0 Å². The number of nitrogens with one attached hydrogen (secondary N) is 2. The second kappa shape index (κ2) is 5.95. The fourth-order valence-electron chi connectivity index (χ4n) is 1.19. The first-order valence-electron chi connectivity index (χ1n) is 4.93. The molecule has 0 spiro atoms. The van der Waals surface area contributed by atoms with Crippen LogP contribution in [0.4, 0.5) is 5.69 Å². The van der Waals surface area contributed by atoms with Crippen molar-refractivity contribution in [1.82, 2.24) is 5.32 Å². The first-order chi connectivity index (χ1) is 7.13. The summed E-state index contributed by atoms with van der Waals surface area (Å²) in [6.45, 7) is 4.43. The van der Waals surface area contributed by atoms with E-state index in [0.717, 1.165) is 5.69 Å².